The Morgan fingerprint density at radius 1 is 1.16 bits per heavy atom. The third kappa shape index (κ3) is 6.04. The zero-order valence-electron chi connectivity index (χ0n) is 18.1. The minimum absolute atomic E-state index is 0.0412. The lowest BCUT2D eigenvalue weighted by atomic mass is 9.96. The van der Waals surface area contributed by atoms with E-state index in [1.807, 2.05) is 6.92 Å². The summed E-state index contributed by atoms with van der Waals surface area (Å²) < 4.78 is 10.6. The van der Waals surface area contributed by atoms with Crippen molar-refractivity contribution < 1.29 is 19.1 Å². The van der Waals surface area contributed by atoms with E-state index in [1.165, 1.54) is 26.1 Å². The molecule has 3 aliphatic rings. The summed E-state index contributed by atoms with van der Waals surface area (Å²) in [4.78, 5) is 32.7. The smallest absolute Gasteiger partial charge is 0.407 e. The Morgan fingerprint density at radius 3 is 2.71 bits per heavy atom. The van der Waals surface area contributed by atoms with Gasteiger partial charge in [0.2, 0.25) is 11.8 Å². The third-order valence-electron chi connectivity index (χ3n) is 6.44. The summed E-state index contributed by atoms with van der Waals surface area (Å²) in [6, 6.07) is 0.423. The molecule has 31 heavy (non-hydrogen) atoms. The molecule has 1 saturated heterocycles. The maximum atomic E-state index is 12.3. The average molecular weight is 433 g/mol. The minimum atomic E-state index is -0.297. The number of nitrogens with one attached hydrogen (secondary N) is 4. The van der Waals surface area contributed by atoms with Crippen molar-refractivity contribution in [3.8, 4) is 5.88 Å². The number of amides is 2. The topological polar surface area (TPSA) is 127 Å². The molecule has 170 valence electrons. The fourth-order valence-corrected chi connectivity index (χ4v) is 4.47. The Morgan fingerprint density at radius 2 is 2.00 bits per heavy atom. The number of ether oxygens (including phenoxy) is 2. The number of hydrazine groups is 1. The number of hydrogen-bond acceptors (Lipinski definition) is 8. The summed E-state index contributed by atoms with van der Waals surface area (Å²) in [6.45, 7) is 2.04. The van der Waals surface area contributed by atoms with Crippen LogP contribution in [-0.2, 0) is 16.0 Å². The number of rotatable bonds is 8. The summed E-state index contributed by atoms with van der Waals surface area (Å²) in [6.07, 6.45) is 8.60. The molecule has 4 rings (SSSR count). The number of carbonyl (C=O) groups is 2. The van der Waals surface area contributed by atoms with Gasteiger partial charge in [-0.1, -0.05) is 0 Å². The van der Waals surface area contributed by atoms with Gasteiger partial charge in [0.05, 0.1) is 37.8 Å². The van der Waals surface area contributed by atoms with Crippen molar-refractivity contribution in [2.24, 2.45) is 11.8 Å². The molecule has 2 heterocycles. The molecule has 2 saturated carbocycles. The third-order valence-corrected chi connectivity index (χ3v) is 6.44. The van der Waals surface area contributed by atoms with Crippen LogP contribution in [-0.4, -0.2) is 53.4 Å². The molecule has 0 aromatic carbocycles. The van der Waals surface area contributed by atoms with Crippen LogP contribution in [0.25, 0.3) is 0 Å². The van der Waals surface area contributed by atoms with Crippen LogP contribution in [0.5, 0.6) is 5.88 Å². The average Bonchev–Trinajstić information content (AvgIpc) is 3.34. The second-order valence-electron chi connectivity index (χ2n) is 8.85. The quantitative estimate of drug-likeness (QED) is 0.480. The van der Waals surface area contributed by atoms with Gasteiger partial charge in [0.25, 0.3) is 0 Å². The Hall–Kier alpha value is -2.46. The lowest BCUT2D eigenvalue weighted by molar-refractivity contribution is -0.121. The first-order valence-electron chi connectivity index (χ1n) is 11.1. The molecule has 2 aliphatic carbocycles. The van der Waals surface area contributed by atoms with E-state index in [4.69, 9.17) is 9.47 Å². The van der Waals surface area contributed by atoms with Gasteiger partial charge in [-0.3, -0.25) is 15.2 Å². The summed E-state index contributed by atoms with van der Waals surface area (Å²) in [5.74, 6) is 1.32. The zero-order valence-corrected chi connectivity index (χ0v) is 18.1. The molecular weight excluding hydrogens is 400 g/mol. The van der Waals surface area contributed by atoms with Crippen LogP contribution in [0.1, 0.15) is 51.1 Å². The molecule has 0 radical (unpaired) electrons. The zero-order chi connectivity index (χ0) is 21.8. The standard InChI is InChI=1S/C21H32N6O4/c1-12(13-3-4-13)24-21(29)31-16-6-5-14(7-16)17-9-18(27-26-17)25-19(28)8-15-10-23-20(30-2)11-22-15/h10-14,16-18,26-27H,3-9H2,1-2H3,(H,24,29)(H,25,28)/t12-,14-,16+,17?,18?/m0/s1. The van der Waals surface area contributed by atoms with Crippen molar-refractivity contribution in [3.63, 3.8) is 0 Å². The SMILES string of the molecule is COc1cnc(CC(=O)NC2CC([C@H]3CC[C@@H](OC(=O)N[C@@H](C)C4CC4)C3)NN2)cn1. The van der Waals surface area contributed by atoms with Gasteiger partial charge in [0.1, 0.15) is 6.10 Å². The molecule has 2 amide bonds. The van der Waals surface area contributed by atoms with Crippen LogP contribution < -0.4 is 26.2 Å². The number of methoxy groups -OCH3 is 1. The minimum Gasteiger partial charge on any atom is -0.480 e. The number of nitrogens with zero attached hydrogens (tertiary/aromatic N) is 2. The van der Waals surface area contributed by atoms with Gasteiger partial charge >= 0.3 is 6.09 Å². The van der Waals surface area contributed by atoms with E-state index < -0.39 is 0 Å². The maximum absolute atomic E-state index is 12.3. The van der Waals surface area contributed by atoms with Gasteiger partial charge < -0.3 is 20.1 Å². The van der Waals surface area contributed by atoms with Crippen LogP contribution in [0.2, 0.25) is 0 Å². The highest BCUT2D eigenvalue weighted by atomic mass is 16.6. The van der Waals surface area contributed by atoms with E-state index in [0.29, 0.717) is 23.4 Å². The van der Waals surface area contributed by atoms with Gasteiger partial charge in [0.15, 0.2) is 0 Å². The molecule has 0 spiro atoms. The van der Waals surface area contributed by atoms with Gasteiger partial charge in [-0.25, -0.2) is 15.2 Å². The van der Waals surface area contributed by atoms with Crippen LogP contribution in [0, 0.1) is 11.8 Å². The van der Waals surface area contributed by atoms with E-state index in [9.17, 15) is 9.59 Å². The van der Waals surface area contributed by atoms with Gasteiger partial charge in [-0.2, -0.15) is 0 Å². The van der Waals surface area contributed by atoms with E-state index in [-0.39, 0.29) is 42.8 Å². The van der Waals surface area contributed by atoms with Crippen molar-refractivity contribution in [3.05, 3.63) is 18.1 Å². The first kappa shape index (κ1) is 21.8. The summed E-state index contributed by atoms with van der Waals surface area (Å²) in [7, 11) is 1.52. The second-order valence-corrected chi connectivity index (χ2v) is 8.85. The summed E-state index contributed by atoms with van der Waals surface area (Å²) in [5, 5.41) is 5.94. The lowest BCUT2D eigenvalue weighted by Gasteiger charge is -2.19. The highest BCUT2D eigenvalue weighted by Gasteiger charge is 2.37. The lowest BCUT2D eigenvalue weighted by Crippen LogP contribution is -2.45. The van der Waals surface area contributed by atoms with E-state index in [1.54, 1.807) is 6.20 Å². The monoisotopic (exact) mass is 432 g/mol. The first-order chi connectivity index (χ1) is 15.0. The molecule has 1 aromatic rings. The molecule has 1 aliphatic heterocycles. The van der Waals surface area contributed by atoms with Gasteiger partial charge in [0, 0.05) is 12.1 Å². The second kappa shape index (κ2) is 9.78. The highest BCUT2D eigenvalue weighted by molar-refractivity contribution is 5.78. The Balaban J connectivity index is 1.16. The van der Waals surface area contributed by atoms with Crippen molar-refractivity contribution in [1.29, 1.82) is 0 Å². The fraction of sp³-hybridized carbons (Fsp3) is 0.714. The molecule has 0 bridgehead atoms. The van der Waals surface area contributed by atoms with Crippen molar-refractivity contribution in [2.75, 3.05) is 7.11 Å². The predicted molar refractivity (Wildman–Crippen MR) is 112 cm³/mol. The highest BCUT2D eigenvalue weighted by Crippen LogP contribution is 2.34. The molecule has 3 fully saturated rings. The number of hydrogen-bond donors (Lipinski definition) is 4. The molecular formula is C21H32N6O4. The Bertz CT molecular complexity index is 772. The van der Waals surface area contributed by atoms with Crippen LogP contribution in [0.15, 0.2) is 12.4 Å². The van der Waals surface area contributed by atoms with E-state index in [2.05, 4.69) is 31.5 Å². The number of carbonyl (C=O) groups excluding carboxylic acids is 2. The largest absolute Gasteiger partial charge is 0.480 e. The molecule has 4 N–H and O–H groups in total. The fourth-order valence-electron chi connectivity index (χ4n) is 4.47. The van der Waals surface area contributed by atoms with Crippen molar-refractivity contribution in [2.45, 2.75) is 76.2 Å². The Kier molecular flexibility index (Phi) is 6.86. The number of aromatic nitrogens is 2. The summed E-state index contributed by atoms with van der Waals surface area (Å²) in [5.41, 5.74) is 7.05. The predicted octanol–water partition coefficient (Wildman–Crippen LogP) is 1.03. The molecule has 5 atom stereocenters. The van der Waals surface area contributed by atoms with Gasteiger partial charge in [-0.05, 0) is 57.3 Å². The van der Waals surface area contributed by atoms with Crippen LogP contribution in [0.3, 0.4) is 0 Å². The molecule has 10 nitrogen and oxygen atoms in total. The molecule has 1 aromatic heterocycles. The Labute approximate surface area is 182 Å². The first-order valence-corrected chi connectivity index (χ1v) is 11.1. The van der Waals surface area contributed by atoms with Crippen molar-refractivity contribution in [1.82, 2.24) is 31.5 Å². The molecule has 2 unspecified atom stereocenters. The maximum Gasteiger partial charge on any atom is 0.407 e. The summed E-state index contributed by atoms with van der Waals surface area (Å²) >= 11 is 0. The normalized spacial score (nSPS) is 28.7. The van der Waals surface area contributed by atoms with Crippen LogP contribution >= 0.6 is 0 Å². The number of alkyl carbamates (subject to hydrolysis) is 1. The van der Waals surface area contributed by atoms with E-state index >= 15 is 0 Å². The molecule has 10 heteroatoms. The van der Waals surface area contributed by atoms with Gasteiger partial charge in [-0.15, -0.1) is 0 Å². The van der Waals surface area contributed by atoms with E-state index in [0.717, 1.165) is 25.7 Å². The van der Waals surface area contributed by atoms with Crippen molar-refractivity contribution >= 4 is 12.0 Å². The van der Waals surface area contributed by atoms with Crippen LogP contribution in [0.4, 0.5) is 4.79 Å².